The summed E-state index contributed by atoms with van der Waals surface area (Å²) in [6, 6.07) is 42.3. The molecule has 12 heterocycles. The Kier molecular flexibility index (Phi) is 38.6. The first-order valence-corrected chi connectivity index (χ1v) is 43.6. The van der Waals surface area contributed by atoms with E-state index in [2.05, 4.69) is 103 Å². The summed E-state index contributed by atoms with van der Waals surface area (Å²) in [5.74, 6) is 2.91. The molecule has 115 heavy (non-hydrogen) atoms. The third kappa shape index (κ3) is 30.2. The lowest BCUT2D eigenvalue weighted by Gasteiger charge is -2.04. The molecule has 0 fully saturated rings. The number of hydrogen-bond acceptors (Lipinski definition) is 18. The summed E-state index contributed by atoms with van der Waals surface area (Å²) >= 11 is 44.4. The molecular formula is C84H91Cl6FN12O6S6. The number of halogens is 7. The normalized spacial score (nSPS) is 10.6. The van der Waals surface area contributed by atoms with Crippen LogP contribution in [0.1, 0.15) is 235 Å². The lowest BCUT2D eigenvalue weighted by Crippen LogP contribution is -2.11. The first kappa shape index (κ1) is 95.4. The Morgan fingerprint density at radius 3 is 0.791 bits per heavy atom. The van der Waals surface area contributed by atoms with Gasteiger partial charge in [-0.1, -0.05) is 196 Å². The van der Waals surface area contributed by atoms with E-state index >= 15 is 0 Å². The molecule has 0 aliphatic rings. The van der Waals surface area contributed by atoms with Crippen LogP contribution in [0, 0.1) is 40.4 Å². The lowest BCUT2D eigenvalue weighted by molar-refractivity contribution is 0.102. The Bertz CT molecular complexity index is 4840. The molecule has 0 aliphatic heterocycles. The van der Waals surface area contributed by atoms with Crippen LogP contribution in [0.25, 0.3) is 0 Å². The zero-order valence-electron chi connectivity index (χ0n) is 66.7. The zero-order chi connectivity index (χ0) is 85.1. The number of aromatic nitrogens is 6. The summed E-state index contributed by atoms with van der Waals surface area (Å²) in [6.07, 6.45) is 0.839. The standard InChI is InChI=1S/C15H17ClN2OS.2C14H15ClN2OS.C14H15FN2OS.C13H12Cl2N2OS.C12H11ClN2OS.C2H6/c1-4-10-6-5-7-13(17-10)18-15(19)12-8-11(16)14(20-12)9(2)3;3*1-8(2)13-10(15)7-11(19-13)14(18)17-12-6-4-5-9(3)16-12;1-7(2)12-8(14)6-9(19-12)13(18)17-11-5-3-4-10(15)16-11;1-7-4-3-5-11(14-7)15-12(16)10-6-9(13)8(2)17-10;1-2/h5-9H,4H2,1-3H3,(H,17,18,19);3*4-8H,1-3H3,(H,16,17,18);3-7H,1-2H3,(H,16,17,18);3-6H,1-2H3,(H,14,15,16);1-2H3. The zero-order valence-corrected chi connectivity index (χ0v) is 76.1. The van der Waals surface area contributed by atoms with Crippen LogP contribution in [-0.2, 0) is 6.42 Å². The van der Waals surface area contributed by atoms with Crippen molar-refractivity contribution < 1.29 is 33.2 Å². The maximum atomic E-state index is 13.6. The van der Waals surface area contributed by atoms with E-state index in [0.29, 0.717) is 123 Å². The lowest BCUT2D eigenvalue weighted by atomic mass is 10.2. The van der Waals surface area contributed by atoms with Crippen molar-refractivity contribution in [1.82, 2.24) is 29.9 Å². The highest BCUT2D eigenvalue weighted by Crippen LogP contribution is 2.38. The van der Waals surface area contributed by atoms with E-state index in [0.717, 1.165) is 59.3 Å². The molecule has 18 nitrogen and oxygen atoms in total. The molecule has 31 heteroatoms. The SMILES string of the molecule is CC.CC(C)c1sc(C(=O)Nc2cccc(Cl)n2)cc1Cl.CCc1cccc(NC(=O)c2cc(Cl)c(C(C)C)s2)n1.Cc1cccc(NC(=O)c2cc(Cl)c(C(C)C)s2)n1.Cc1cccc(NC(=O)c2cc(Cl)c(C(C)C)s2)n1.Cc1cccc(NC(=O)c2cc(Cl)c(C)s2)n1.Cc1cccc(NC(=O)c2cc(F)c(C(C)C)s2)n1. The van der Waals surface area contributed by atoms with Crippen LogP contribution in [0.2, 0.25) is 30.3 Å². The number of anilines is 6. The largest absolute Gasteiger partial charge is 0.306 e. The van der Waals surface area contributed by atoms with Gasteiger partial charge in [-0.3, -0.25) is 28.8 Å². The number of rotatable bonds is 18. The summed E-state index contributed by atoms with van der Waals surface area (Å²) in [6.45, 7) is 35.6. The van der Waals surface area contributed by atoms with Crippen LogP contribution in [0.5, 0.6) is 0 Å². The van der Waals surface area contributed by atoms with Gasteiger partial charge in [0.2, 0.25) is 0 Å². The van der Waals surface area contributed by atoms with Gasteiger partial charge < -0.3 is 31.9 Å². The number of hydrogen-bond donors (Lipinski definition) is 6. The van der Waals surface area contributed by atoms with Crippen molar-refractivity contribution in [1.29, 1.82) is 0 Å². The van der Waals surface area contributed by atoms with Gasteiger partial charge in [-0.05, 0) is 180 Å². The van der Waals surface area contributed by atoms with E-state index in [1.807, 2.05) is 144 Å². The van der Waals surface area contributed by atoms with E-state index in [4.69, 9.17) is 69.6 Å². The van der Waals surface area contributed by atoms with Crippen LogP contribution < -0.4 is 31.9 Å². The van der Waals surface area contributed by atoms with E-state index in [1.54, 1.807) is 78.9 Å². The van der Waals surface area contributed by atoms with Gasteiger partial charge in [0.15, 0.2) is 0 Å². The molecule has 0 aromatic carbocycles. The first-order chi connectivity index (χ1) is 54.4. The summed E-state index contributed by atoms with van der Waals surface area (Å²) in [5.41, 5.74) is 4.37. The minimum absolute atomic E-state index is 0.0728. The van der Waals surface area contributed by atoms with Crippen molar-refractivity contribution in [2.75, 3.05) is 31.9 Å². The van der Waals surface area contributed by atoms with E-state index in [9.17, 15) is 33.2 Å². The first-order valence-electron chi connectivity index (χ1n) is 36.4. The third-order valence-electron chi connectivity index (χ3n) is 15.3. The Morgan fingerprint density at radius 1 is 0.322 bits per heavy atom. The summed E-state index contributed by atoms with van der Waals surface area (Å²) in [5, 5.41) is 20.0. The molecule has 0 radical (unpaired) electrons. The number of thiophene rings is 6. The Morgan fingerprint density at radius 2 is 0.557 bits per heavy atom. The molecule has 0 bridgehead atoms. The van der Waals surface area contributed by atoms with Crippen LogP contribution in [0.4, 0.5) is 39.3 Å². The summed E-state index contributed by atoms with van der Waals surface area (Å²) in [7, 11) is 0. The van der Waals surface area contributed by atoms with Gasteiger partial charge in [0.25, 0.3) is 35.4 Å². The number of aryl methyl sites for hydroxylation is 6. The predicted molar refractivity (Wildman–Crippen MR) is 484 cm³/mol. The highest BCUT2D eigenvalue weighted by atomic mass is 35.5. The average molecular weight is 1790 g/mol. The van der Waals surface area contributed by atoms with Gasteiger partial charge in [0.05, 0.1) is 54.4 Å². The number of carbonyl (C=O) groups excluding carboxylic acids is 6. The quantitative estimate of drug-likeness (QED) is 0.0439. The number of nitrogens with one attached hydrogen (secondary N) is 6. The van der Waals surface area contributed by atoms with E-state index in [1.165, 1.54) is 74.1 Å². The second kappa shape index (κ2) is 46.5. The topological polar surface area (TPSA) is 252 Å². The molecule has 6 N–H and O–H groups in total. The number of nitrogens with zero attached hydrogens (tertiary/aromatic N) is 6. The molecule has 0 atom stereocenters. The molecule has 0 aliphatic carbocycles. The van der Waals surface area contributed by atoms with E-state index < -0.39 is 0 Å². The van der Waals surface area contributed by atoms with Gasteiger partial charge in [-0.25, -0.2) is 34.3 Å². The Labute approximate surface area is 725 Å². The fraction of sp³-hybridized carbons (Fsp3) is 0.286. The molecule has 0 spiro atoms. The van der Waals surface area contributed by atoms with Crippen molar-refractivity contribution in [3.63, 3.8) is 0 Å². The molecule has 12 rings (SSSR count). The monoisotopic (exact) mass is 1780 g/mol. The molecule has 608 valence electrons. The fourth-order valence-electron chi connectivity index (χ4n) is 9.76. The van der Waals surface area contributed by atoms with Gasteiger partial charge in [-0.2, -0.15) is 0 Å². The van der Waals surface area contributed by atoms with Crippen molar-refractivity contribution in [2.45, 2.75) is 161 Å². The predicted octanol–water partition coefficient (Wildman–Crippen LogP) is 27.2. The summed E-state index contributed by atoms with van der Waals surface area (Å²) in [4.78, 5) is 107. The molecule has 6 amide bonds. The molecule has 12 aromatic heterocycles. The van der Waals surface area contributed by atoms with Crippen molar-refractivity contribution >= 4 is 208 Å². The minimum Gasteiger partial charge on any atom is -0.306 e. The molecular weight excluding hydrogens is 1700 g/mol. The van der Waals surface area contributed by atoms with Crippen LogP contribution in [0.3, 0.4) is 0 Å². The molecule has 0 unspecified atom stereocenters. The Hall–Kier alpha value is -8.41. The second-order valence-electron chi connectivity index (χ2n) is 26.5. The highest BCUT2D eigenvalue weighted by Gasteiger charge is 2.22. The van der Waals surface area contributed by atoms with Gasteiger partial charge in [-0.15, -0.1) is 68.0 Å². The average Bonchev–Trinajstić information content (AvgIpc) is 1.76. The van der Waals surface area contributed by atoms with Gasteiger partial charge >= 0.3 is 0 Å². The maximum absolute atomic E-state index is 13.6. The Balaban J connectivity index is 0.000000214. The highest BCUT2D eigenvalue weighted by molar-refractivity contribution is 7.16. The van der Waals surface area contributed by atoms with Crippen LogP contribution >= 0.6 is 138 Å². The number of amides is 6. The van der Waals surface area contributed by atoms with Crippen molar-refractivity contribution in [2.24, 2.45) is 0 Å². The molecule has 12 aromatic rings. The number of carbonyl (C=O) groups is 6. The minimum atomic E-state index is -0.325. The second-order valence-corrected chi connectivity index (χ2v) is 35.6. The number of pyridine rings is 6. The maximum Gasteiger partial charge on any atom is 0.266 e. The van der Waals surface area contributed by atoms with Gasteiger partial charge in [0, 0.05) is 57.7 Å². The fourth-order valence-corrected chi connectivity index (χ4v) is 17.8. The molecule has 0 saturated heterocycles. The van der Waals surface area contributed by atoms with Gasteiger partial charge in [0.1, 0.15) is 45.9 Å². The van der Waals surface area contributed by atoms with E-state index in [-0.39, 0.29) is 47.2 Å². The van der Waals surface area contributed by atoms with Crippen molar-refractivity contribution in [3.8, 4) is 0 Å². The molecule has 0 saturated carbocycles. The van der Waals surface area contributed by atoms with Crippen LogP contribution in [-0.4, -0.2) is 65.3 Å². The van der Waals surface area contributed by atoms with Crippen molar-refractivity contribution in [3.05, 3.63) is 269 Å². The third-order valence-corrected chi connectivity index (χ3v) is 25.9. The smallest absolute Gasteiger partial charge is 0.266 e. The van der Waals surface area contributed by atoms with Crippen LogP contribution in [0.15, 0.2) is 146 Å². The summed E-state index contributed by atoms with van der Waals surface area (Å²) < 4.78 is 13.6.